The molecular weight excluding hydrogens is 234 g/mol. The number of piperidine rings is 1. The average molecular weight is 247 g/mol. The molecule has 2 fully saturated rings. The fourth-order valence-corrected chi connectivity index (χ4v) is 2.74. The number of aromatic hydroxyl groups is 1. The maximum atomic E-state index is 11.9. The summed E-state index contributed by atoms with van der Waals surface area (Å²) in [5, 5.41) is 18.3. The minimum absolute atomic E-state index is 0.104. The van der Waals surface area contributed by atoms with Crippen molar-refractivity contribution in [3.05, 3.63) is 29.8 Å². The smallest absolute Gasteiger partial charge is 0.233 e. The second-order valence-electron chi connectivity index (χ2n) is 4.83. The van der Waals surface area contributed by atoms with Gasteiger partial charge in [-0.25, -0.2) is 0 Å². The summed E-state index contributed by atoms with van der Waals surface area (Å²) in [6.45, 7) is 0.0873. The second-order valence-corrected chi connectivity index (χ2v) is 4.83. The third-order valence-electron chi connectivity index (χ3n) is 3.73. The number of imide groups is 1. The number of carbonyl (C=O) groups excluding carboxylic acids is 2. The van der Waals surface area contributed by atoms with E-state index in [1.54, 1.807) is 12.1 Å². The maximum Gasteiger partial charge on any atom is 0.233 e. The number of aliphatic hydroxyl groups excluding tert-OH is 1. The van der Waals surface area contributed by atoms with E-state index < -0.39 is 0 Å². The number of likely N-dealkylation sites (tertiary alicyclic amines) is 1. The average Bonchev–Trinajstić information content (AvgIpc) is 3.03. The van der Waals surface area contributed by atoms with Gasteiger partial charge in [0.25, 0.3) is 0 Å². The van der Waals surface area contributed by atoms with Gasteiger partial charge in [0.2, 0.25) is 11.8 Å². The first-order chi connectivity index (χ1) is 8.63. The number of fused-ring (bicyclic) bond motifs is 1. The molecule has 2 amide bonds. The zero-order valence-electron chi connectivity index (χ0n) is 9.61. The summed E-state index contributed by atoms with van der Waals surface area (Å²) in [5.41, 5.74) is 0.721. The van der Waals surface area contributed by atoms with Crippen molar-refractivity contribution in [1.82, 2.24) is 4.90 Å². The molecule has 2 N–H and O–H groups in total. The molecule has 1 aliphatic carbocycles. The van der Waals surface area contributed by atoms with Crippen molar-refractivity contribution in [2.75, 3.05) is 6.61 Å². The summed E-state index contributed by atoms with van der Waals surface area (Å²) in [7, 11) is 0. The Morgan fingerprint density at radius 1 is 1.17 bits per heavy atom. The predicted octanol–water partition coefficient (Wildman–Crippen LogP) is 0.115. The maximum absolute atomic E-state index is 11.9. The summed E-state index contributed by atoms with van der Waals surface area (Å²) >= 11 is 0. The van der Waals surface area contributed by atoms with Crippen LogP contribution in [-0.4, -0.2) is 33.5 Å². The molecule has 0 radical (unpaired) electrons. The van der Waals surface area contributed by atoms with E-state index in [0.717, 1.165) is 5.56 Å². The molecule has 0 spiro atoms. The second kappa shape index (κ2) is 3.81. The van der Waals surface area contributed by atoms with Crippen molar-refractivity contribution >= 4 is 11.8 Å². The van der Waals surface area contributed by atoms with E-state index in [4.69, 9.17) is 5.11 Å². The van der Waals surface area contributed by atoms with Gasteiger partial charge in [0, 0.05) is 12.5 Å². The number of phenolic OH excluding ortho intramolecular Hbond substituents is 1. The van der Waals surface area contributed by atoms with Gasteiger partial charge in [-0.2, -0.15) is 0 Å². The molecule has 1 heterocycles. The Kier molecular flexibility index (Phi) is 2.38. The third kappa shape index (κ3) is 1.51. The van der Waals surface area contributed by atoms with Crippen LogP contribution in [0.3, 0.4) is 0 Å². The lowest BCUT2D eigenvalue weighted by atomic mass is 10.2. The minimum atomic E-state index is -0.320. The first-order valence-electron chi connectivity index (χ1n) is 5.87. The first kappa shape index (κ1) is 11.2. The van der Waals surface area contributed by atoms with Gasteiger partial charge in [0.1, 0.15) is 5.75 Å². The fourth-order valence-electron chi connectivity index (χ4n) is 2.74. The molecule has 2 atom stereocenters. The number of hydrogen-bond donors (Lipinski definition) is 2. The van der Waals surface area contributed by atoms with Gasteiger partial charge in [-0.05, 0) is 17.7 Å². The van der Waals surface area contributed by atoms with Crippen LogP contribution in [0.2, 0.25) is 0 Å². The Balaban J connectivity index is 1.76. The monoisotopic (exact) mass is 247 g/mol. The predicted molar refractivity (Wildman–Crippen MR) is 61.2 cm³/mol. The van der Waals surface area contributed by atoms with Gasteiger partial charge in [0.05, 0.1) is 18.4 Å². The fraction of sp³-hybridized carbons (Fsp3) is 0.385. The Bertz CT molecular complexity index is 505. The molecule has 2 unspecified atom stereocenters. The van der Waals surface area contributed by atoms with Gasteiger partial charge < -0.3 is 10.2 Å². The van der Waals surface area contributed by atoms with Crippen LogP contribution >= 0.6 is 0 Å². The molecule has 1 aromatic rings. The first-order valence-corrected chi connectivity index (χ1v) is 5.87. The normalized spacial score (nSPS) is 29.6. The highest BCUT2D eigenvalue weighted by Gasteiger charge is 2.66. The van der Waals surface area contributed by atoms with E-state index in [1.165, 1.54) is 17.0 Å². The summed E-state index contributed by atoms with van der Waals surface area (Å²) in [6, 6.07) is 6.51. The lowest BCUT2D eigenvalue weighted by Crippen LogP contribution is -2.34. The van der Waals surface area contributed by atoms with Crippen LogP contribution < -0.4 is 0 Å². The van der Waals surface area contributed by atoms with E-state index in [2.05, 4.69) is 0 Å². The topological polar surface area (TPSA) is 77.8 Å². The zero-order valence-corrected chi connectivity index (χ0v) is 9.61. The van der Waals surface area contributed by atoms with Gasteiger partial charge in [-0.1, -0.05) is 12.1 Å². The van der Waals surface area contributed by atoms with Crippen LogP contribution in [0.25, 0.3) is 0 Å². The molecule has 94 valence electrons. The summed E-state index contributed by atoms with van der Waals surface area (Å²) < 4.78 is 0. The molecular formula is C13H13NO4. The van der Waals surface area contributed by atoms with Crippen LogP contribution in [0.4, 0.5) is 0 Å². The van der Waals surface area contributed by atoms with Crippen LogP contribution in [0.1, 0.15) is 5.56 Å². The van der Waals surface area contributed by atoms with Crippen LogP contribution in [-0.2, 0) is 16.1 Å². The molecule has 2 aliphatic rings. The van der Waals surface area contributed by atoms with Gasteiger partial charge in [0.15, 0.2) is 0 Å². The number of benzene rings is 1. The number of amides is 2. The quantitative estimate of drug-likeness (QED) is 0.743. The van der Waals surface area contributed by atoms with Crippen molar-refractivity contribution in [1.29, 1.82) is 0 Å². The lowest BCUT2D eigenvalue weighted by Gasteiger charge is -2.17. The van der Waals surface area contributed by atoms with Crippen molar-refractivity contribution in [3.8, 4) is 5.75 Å². The molecule has 0 aromatic heterocycles. The van der Waals surface area contributed by atoms with E-state index in [9.17, 15) is 14.7 Å². The van der Waals surface area contributed by atoms with Crippen molar-refractivity contribution < 1.29 is 19.8 Å². The molecule has 1 saturated carbocycles. The summed E-state index contributed by atoms with van der Waals surface area (Å²) in [6.07, 6.45) is 0. The van der Waals surface area contributed by atoms with Crippen LogP contribution in [0.5, 0.6) is 5.75 Å². The minimum Gasteiger partial charge on any atom is -0.508 e. The Morgan fingerprint density at radius 3 is 2.39 bits per heavy atom. The molecule has 5 nitrogen and oxygen atoms in total. The number of hydrogen-bond acceptors (Lipinski definition) is 4. The number of carbonyl (C=O) groups is 2. The van der Waals surface area contributed by atoms with E-state index in [1.807, 2.05) is 0 Å². The number of nitrogens with zero attached hydrogens (tertiary/aromatic N) is 1. The van der Waals surface area contributed by atoms with Gasteiger partial charge in [-0.3, -0.25) is 14.5 Å². The number of aliphatic hydroxyl groups is 1. The largest absolute Gasteiger partial charge is 0.508 e. The molecule has 1 saturated heterocycles. The Morgan fingerprint density at radius 2 is 1.83 bits per heavy atom. The molecule has 5 heteroatoms. The number of phenols is 1. The lowest BCUT2D eigenvalue weighted by molar-refractivity contribution is -0.143. The van der Waals surface area contributed by atoms with Crippen LogP contribution in [0, 0.1) is 17.8 Å². The molecule has 3 rings (SSSR count). The third-order valence-corrected chi connectivity index (χ3v) is 3.73. The van der Waals surface area contributed by atoms with Crippen LogP contribution in [0.15, 0.2) is 24.3 Å². The van der Waals surface area contributed by atoms with E-state index in [-0.39, 0.29) is 48.5 Å². The highest BCUT2D eigenvalue weighted by molar-refractivity contribution is 6.09. The SMILES string of the molecule is O=C1C2C(CO)C2C(=O)N1Cc1cccc(O)c1. The number of rotatable bonds is 3. The van der Waals surface area contributed by atoms with Gasteiger partial charge in [-0.15, -0.1) is 0 Å². The van der Waals surface area contributed by atoms with E-state index >= 15 is 0 Å². The molecule has 0 bridgehead atoms. The Hall–Kier alpha value is -1.88. The highest BCUT2D eigenvalue weighted by atomic mass is 16.3. The van der Waals surface area contributed by atoms with E-state index in [0.29, 0.717) is 0 Å². The molecule has 1 aliphatic heterocycles. The zero-order chi connectivity index (χ0) is 12.9. The molecule has 1 aromatic carbocycles. The van der Waals surface area contributed by atoms with Crippen molar-refractivity contribution in [3.63, 3.8) is 0 Å². The van der Waals surface area contributed by atoms with Gasteiger partial charge >= 0.3 is 0 Å². The highest BCUT2D eigenvalue weighted by Crippen LogP contribution is 2.53. The van der Waals surface area contributed by atoms with Crippen molar-refractivity contribution in [2.45, 2.75) is 6.54 Å². The summed E-state index contributed by atoms with van der Waals surface area (Å²) in [4.78, 5) is 25.1. The standard InChI is InChI=1S/C13H13NO4/c15-6-9-10-11(9)13(18)14(12(10)17)5-7-2-1-3-8(16)4-7/h1-4,9-11,15-16H,5-6H2. The van der Waals surface area contributed by atoms with Crippen molar-refractivity contribution in [2.24, 2.45) is 17.8 Å². The summed E-state index contributed by atoms with van der Waals surface area (Å²) in [5.74, 6) is -1.10. The Labute approximate surface area is 104 Å². The molecule has 18 heavy (non-hydrogen) atoms.